The van der Waals surface area contributed by atoms with Crippen molar-refractivity contribution in [2.24, 2.45) is 5.92 Å². The fraction of sp³-hybridized carbons (Fsp3) is 0.240. The van der Waals surface area contributed by atoms with Crippen LogP contribution in [0.25, 0.3) is 0 Å². The van der Waals surface area contributed by atoms with Gasteiger partial charge in [-0.05, 0) is 90.3 Å². The number of halogens is 3. The highest BCUT2D eigenvalue weighted by Crippen LogP contribution is 2.50. The van der Waals surface area contributed by atoms with Gasteiger partial charge >= 0.3 is 0 Å². The minimum absolute atomic E-state index is 0.323. The van der Waals surface area contributed by atoms with E-state index in [4.69, 9.17) is 40.1 Å². The summed E-state index contributed by atoms with van der Waals surface area (Å²) in [5.41, 5.74) is 4.14. The van der Waals surface area contributed by atoms with Crippen molar-refractivity contribution in [3.63, 3.8) is 0 Å². The Morgan fingerprint density at radius 2 is 1.50 bits per heavy atom. The van der Waals surface area contributed by atoms with Crippen LogP contribution >= 0.6 is 34.8 Å². The molecule has 0 aromatic heterocycles. The van der Waals surface area contributed by atoms with Gasteiger partial charge in [-0.3, -0.25) is 0 Å². The van der Waals surface area contributed by atoms with Crippen molar-refractivity contribution in [3.05, 3.63) is 98.5 Å². The monoisotopic (exact) mass is 454 g/mol. The molecular formula is C25H21Cl3N2. The predicted octanol–water partition coefficient (Wildman–Crippen LogP) is 7.91. The first-order valence-corrected chi connectivity index (χ1v) is 11.1. The highest BCUT2D eigenvalue weighted by molar-refractivity contribution is 6.35. The second-order valence-electron chi connectivity index (χ2n) is 7.84. The molecule has 1 N–H and O–H groups in total. The van der Waals surface area contributed by atoms with Crippen molar-refractivity contribution >= 4 is 40.5 Å². The van der Waals surface area contributed by atoms with Crippen LogP contribution in [0.15, 0.2) is 66.7 Å². The number of hydrogen-bond acceptors (Lipinski definition) is 2. The van der Waals surface area contributed by atoms with Gasteiger partial charge < -0.3 is 5.32 Å². The summed E-state index contributed by atoms with van der Waals surface area (Å²) in [4.78, 5) is 0. The van der Waals surface area contributed by atoms with Crippen LogP contribution in [-0.2, 0) is 0 Å². The van der Waals surface area contributed by atoms with Crippen LogP contribution in [0.5, 0.6) is 0 Å². The van der Waals surface area contributed by atoms with Gasteiger partial charge in [0.05, 0.1) is 11.6 Å². The summed E-state index contributed by atoms with van der Waals surface area (Å²) >= 11 is 18.8. The molecular weight excluding hydrogens is 435 g/mol. The molecule has 0 spiro atoms. The zero-order valence-corrected chi connectivity index (χ0v) is 18.6. The number of anilines is 1. The Kier molecular flexibility index (Phi) is 6.54. The molecule has 3 aromatic rings. The van der Waals surface area contributed by atoms with Crippen molar-refractivity contribution in [2.45, 2.75) is 24.7 Å². The van der Waals surface area contributed by atoms with Gasteiger partial charge in [-0.2, -0.15) is 5.26 Å². The summed E-state index contributed by atoms with van der Waals surface area (Å²) < 4.78 is 0. The Labute approximate surface area is 192 Å². The molecule has 0 bridgehead atoms. The first-order valence-electron chi connectivity index (χ1n) is 9.98. The zero-order chi connectivity index (χ0) is 21.1. The molecule has 1 fully saturated rings. The van der Waals surface area contributed by atoms with Crippen molar-refractivity contribution in [1.29, 1.82) is 5.26 Å². The van der Waals surface area contributed by atoms with Crippen LogP contribution in [0.2, 0.25) is 15.1 Å². The van der Waals surface area contributed by atoms with E-state index in [1.54, 1.807) is 0 Å². The molecule has 2 nitrogen and oxygen atoms in total. The van der Waals surface area contributed by atoms with Crippen molar-refractivity contribution in [3.8, 4) is 6.07 Å². The second kappa shape index (κ2) is 9.31. The largest absolute Gasteiger partial charge is 0.385 e. The van der Waals surface area contributed by atoms with Gasteiger partial charge in [0, 0.05) is 27.3 Å². The molecule has 0 aliphatic heterocycles. The van der Waals surface area contributed by atoms with Crippen LogP contribution in [-0.4, -0.2) is 6.54 Å². The Bertz CT molecular complexity index is 1060. The van der Waals surface area contributed by atoms with Crippen LogP contribution in [0.4, 0.5) is 5.69 Å². The lowest BCUT2D eigenvalue weighted by Crippen LogP contribution is -2.11. The van der Waals surface area contributed by atoms with Gasteiger partial charge in [-0.1, -0.05) is 53.0 Å². The maximum absolute atomic E-state index is 8.96. The maximum atomic E-state index is 8.96. The number of nitrogens with zero attached hydrogens (tertiary/aromatic N) is 1. The molecule has 5 heteroatoms. The average Bonchev–Trinajstić information content (AvgIpc) is 3.17. The minimum atomic E-state index is 0.323. The molecule has 4 rings (SSSR count). The summed E-state index contributed by atoms with van der Waals surface area (Å²) in [7, 11) is 0. The standard InChI is InChI=1S/C25H21Cl3N2/c26-19-5-3-18(4-6-19)23-11-17(15-30-21-8-1-16(14-29)2-9-21)12-24(23)22-10-7-20(27)13-25(22)28/h1-10,13,17,23-24,30H,11-12,15H2/t17-,23+,24+/m0/s1. The smallest absolute Gasteiger partial charge is 0.0991 e. The summed E-state index contributed by atoms with van der Waals surface area (Å²) in [6.45, 7) is 0.873. The second-order valence-corrected chi connectivity index (χ2v) is 9.12. The Morgan fingerprint density at radius 3 is 2.17 bits per heavy atom. The highest BCUT2D eigenvalue weighted by Gasteiger charge is 2.37. The topological polar surface area (TPSA) is 35.8 Å². The van der Waals surface area contributed by atoms with Gasteiger partial charge in [0.2, 0.25) is 0 Å². The van der Waals surface area contributed by atoms with E-state index >= 15 is 0 Å². The minimum Gasteiger partial charge on any atom is -0.385 e. The summed E-state index contributed by atoms with van der Waals surface area (Å²) in [6.07, 6.45) is 2.10. The van der Waals surface area contributed by atoms with Crippen molar-refractivity contribution in [2.75, 3.05) is 11.9 Å². The number of nitriles is 1. The van der Waals surface area contributed by atoms with E-state index in [0.29, 0.717) is 28.3 Å². The Hall–Kier alpha value is -2.18. The third-order valence-corrected chi connectivity index (χ3v) is 6.74. The highest BCUT2D eigenvalue weighted by atomic mass is 35.5. The van der Waals surface area contributed by atoms with Crippen LogP contribution < -0.4 is 5.32 Å². The van der Waals surface area contributed by atoms with E-state index < -0.39 is 0 Å². The molecule has 1 saturated carbocycles. The summed E-state index contributed by atoms with van der Waals surface area (Å²) in [6, 6.07) is 23.7. The average molecular weight is 456 g/mol. The lowest BCUT2D eigenvalue weighted by molar-refractivity contribution is 0.565. The molecule has 3 atom stereocenters. The van der Waals surface area contributed by atoms with Crippen molar-refractivity contribution in [1.82, 2.24) is 0 Å². The lowest BCUT2D eigenvalue weighted by Gasteiger charge is -2.21. The molecule has 152 valence electrons. The number of benzene rings is 3. The van der Waals surface area contributed by atoms with Gasteiger partial charge in [-0.25, -0.2) is 0 Å². The van der Waals surface area contributed by atoms with Gasteiger partial charge in [0.25, 0.3) is 0 Å². The molecule has 30 heavy (non-hydrogen) atoms. The predicted molar refractivity (Wildman–Crippen MR) is 126 cm³/mol. The lowest BCUT2D eigenvalue weighted by atomic mass is 9.84. The molecule has 0 amide bonds. The van der Waals surface area contributed by atoms with E-state index in [2.05, 4.69) is 29.6 Å². The fourth-order valence-electron chi connectivity index (χ4n) is 4.46. The molecule has 0 unspecified atom stereocenters. The molecule has 3 aromatic carbocycles. The van der Waals surface area contributed by atoms with E-state index in [-0.39, 0.29) is 0 Å². The number of rotatable bonds is 5. The molecule has 0 radical (unpaired) electrons. The van der Waals surface area contributed by atoms with Gasteiger partial charge in [-0.15, -0.1) is 0 Å². The van der Waals surface area contributed by atoms with E-state index in [0.717, 1.165) is 40.7 Å². The molecule has 1 aliphatic carbocycles. The Morgan fingerprint density at radius 1 is 0.833 bits per heavy atom. The third kappa shape index (κ3) is 4.76. The molecule has 1 aliphatic rings. The number of nitrogens with one attached hydrogen (secondary N) is 1. The zero-order valence-electron chi connectivity index (χ0n) is 16.3. The Balaban J connectivity index is 1.55. The van der Waals surface area contributed by atoms with E-state index in [1.807, 2.05) is 48.5 Å². The van der Waals surface area contributed by atoms with Crippen LogP contribution in [0.3, 0.4) is 0 Å². The van der Waals surface area contributed by atoms with Gasteiger partial charge in [0.1, 0.15) is 0 Å². The third-order valence-electron chi connectivity index (χ3n) is 5.93. The van der Waals surface area contributed by atoms with Crippen LogP contribution in [0, 0.1) is 17.2 Å². The normalized spacial score (nSPS) is 20.7. The molecule has 0 heterocycles. The van der Waals surface area contributed by atoms with Gasteiger partial charge in [0.15, 0.2) is 0 Å². The SMILES string of the molecule is N#Cc1ccc(NC[C@H]2C[C@H](c3ccc(Cl)cc3)[C@@H](c3ccc(Cl)cc3Cl)C2)cc1. The summed E-state index contributed by atoms with van der Waals surface area (Å²) in [5.74, 6) is 1.19. The first-order chi connectivity index (χ1) is 14.5. The van der Waals surface area contributed by atoms with Crippen molar-refractivity contribution < 1.29 is 0 Å². The van der Waals surface area contributed by atoms with Crippen LogP contribution in [0.1, 0.15) is 41.4 Å². The van der Waals surface area contributed by atoms with E-state index in [1.165, 1.54) is 5.56 Å². The first kappa shape index (κ1) is 21.1. The molecule has 0 saturated heterocycles. The quantitative estimate of drug-likeness (QED) is 0.424. The number of hydrogen-bond donors (Lipinski definition) is 1. The van der Waals surface area contributed by atoms with E-state index in [9.17, 15) is 0 Å². The summed E-state index contributed by atoms with van der Waals surface area (Å²) in [5, 5.41) is 14.6. The maximum Gasteiger partial charge on any atom is 0.0991 e. The fourth-order valence-corrected chi connectivity index (χ4v) is 5.13.